The summed E-state index contributed by atoms with van der Waals surface area (Å²) in [6.45, 7) is 2.02. The van der Waals surface area contributed by atoms with Gasteiger partial charge in [-0.15, -0.1) is 10.2 Å². The predicted molar refractivity (Wildman–Crippen MR) is 120 cm³/mol. The number of aryl methyl sites for hydroxylation is 1. The molecule has 0 fully saturated rings. The molecular formula is C20H18N6O2S2. The first kappa shape index (κ1) is 19.9. The lowest BCUT2D eigenvalue weighted by molar-refractivity contribution is 0.0977. The summed E-state index contributed by atoms with van der Waals surface area (Å²) in [5.74, 6) is 1.23. The summed E-state index contributed by atoms with van der Waals surface area (Å²) in [4.78, 5) is 13.1. The number of aromatic nitrogens is 4. The number of rotatable bonds is 5. The second-order valence-electron chi connectivity index (χ2n) is 6.29. The number of carbonyl (C=O) groups is 1. The van der Waals surface area contributed by atoms with E-state index >= 15 is 0 Å². The minimum Gasteiger partial charge on any atom is -0.497 e. The van der Waals surface area contributed by atoms with Gasteiger partial charge in [-0.2, -0.15) is 9.61 Å². The van der Waals surface area contributed by atoms with Crippen LogP contribution in [0.3, 0.4) is 0 Å². The summed E-state index contributed by atoms with van der Waals surface area (Å²) in [6.07, 6.45) is 0.771. The first-order chi connectivity index (χ1) is 14.6. The molecule has 4 aromatic rings. The van der Waals surface area contributed by atoms with Crippen molar-refractivity contribution in [3.05, 3.63) is 59.9 Å². The van der Waals surface area contributed by atoms with Crippen molar-refractivity contribution in [2.75, 3.05) is 12.4 Å². The molecule has 152 valence electrons. The van der Waals surface area contributed by atoms with E-state index in [1.165, 1.54) is 11.3 Å². The molecule has 0 radical (unpaired) electrons. The Morgan fingerprint density at radius 1 is 1.13 bits per heavy atom. The lowest BCUT2D eigenvalue weighted by Gasteiger charge is -2.10. The number of hydrogen-bond acceptors (Lipinski definition) is 7. The summed E-state index contributed by atoms with van der Waals surface area (Å²) < 4.78 is 6.87. The normalized spacial score (nSPS) is 10.7. The fourth-order valence-corrected chi connectivity index (χ4v) is 3.84. The number of amides is 1. The number of hydrogen-bond donors (Lipinski definition) is 2. The Labute approximate surface area is 181 Å². The number of carbonyl (C=O) groups excluding carboxylic acids is 1. The fourth-order valence-electron chi connectivity index (χ4n) is 2.77. The van der Waals surface area contributed by atoms with Crippen LogP contribution in [0.1, 0.15) is 23.1 Å². The van der Waals surface area contributed by atoms with E-state index in [1.807, 2.05) is 31.2 Å². The third-order valence-electron chi connectivity index (χ3n) is 4.34. The van der Waals surface area contributed by atoms with Crippen LogP contribution in [0.25, 0.3) is 15.5 Å². The first-order valence-electron chi connectivity index (χ1n) is 9.15. The second kappa shape index (κ2) is 8.56. The molecule has 2 aromatic carbocycles. The predicted octanol–water partition coefficient (Wildman–Crippen LogP) is 3.55. The Morgan fingerprint density at radius 3 is 2.53 bits per heavy atom. The molecule has 1 amide bonds. The molecule has 0 unspecified atom stereocenters. The third-order valence-corrected chi connectivity index (χ3v) is 5.49. The van der Waals surface area contributed by atoms with Crippen molar-refractivity contribution in [2.45, 2.75) is 13.3 Å². The number of benzene rings is 2. The molecular weight excluding hydrogens is 420 g/mol. The van der Waals surface area contributed by atoms with E-state index in [0.29, 0.717) is 11.3 Å². The van der Waals surface area contributed by atoms with E-state index in [-0.39, 0.29) is 11.0 Å². The molecule has 0 spiro atoms. The molecule has 0 atom stereocenters. The van der Waals surface area contributed by atoms with E-state index in [0.717, 1.165) is 33.5 Å². The summed E-state index contributed by atoms with van der Waals surface area (Å²) in [7, 11) is 1.58. The topological polar surface area (TPSA) is 93.4 Å². The zero-order valence-electron chi connectivity index (χ0n) is 16.2. The number of ether oxygens (including phenoxy) is 1. The van der Waals surface area contributed by atoms with Crippen molar-refractivity contribution in [1.29, 1.82) is 0 Å². The summed E-state index contributed by atoms with van der Waals surface area (Å²) in [6, 6.07) is 14.4. The quantitative estimate of drug-likeness (QED) is 0.460. The van der Waals surface area contributed by atoms with Crippen LogP contribution in [0, 0.1) is 0 Å². The van der Waals surface area contributed by atoms with Gasteiger partial charge in [-0.25, -0.2) is 0 Å². The average molecular weight is 439 g/mol. The summed E-state index contributed by atoms with van der Waals surface area (Å²) >= 11 is 6.73. The van der Waals surface area contributed by atoms with Gasteiger partial charge in [-0.05, 0) is 60.7 Å². The Hall–Kier alpha value is -3.37. The smallest absolute Gasteiger partial charge is 0.257 e. The molecule has 0 aliphatic heterocycles. The van der Waals surface area contributed by atoms with Gasteiger partial charge in [0.1, 0.15) is 10.8 Å². The highest BCUT2D eigenvalue weighted by Gasteiger charge is 2.12. The van der Waals surface area contributed by atoms with Crippen LogP contribution < -0.4 is 15.4 Å². The molecule has 0 aliphatic rings. The van der Waals surface area contributed by atoms with Crippen LogP contribution in [-0.4, -0.2) is 37.9 Å². The van der Waals surface area contributed by atoms with Gasteiger partial charge >= 0.3 is 0 Å². The largest absolute Gasteiger partial charge is 0.497 e. The lowest BCUT2D eigenvalue weighted by atomic mass is 10.2. The van der Waals surface area contributed by atoms with Gasteiger partial charge in [0.2, 0.25) is 4.96 Å². The van der Waals surface area contributed by atoms with Crippen molar-refractivity contribution in [1.82, 2.24) is 25.1 Å². The van der Waals surface area contributed by atoms with Crippen molar-refractivity contribution in [2.24, 2.45) is 0 Å². The fraction of sp³-hybridized carbons (Fsp3) is 0.150. The zero-order chi connectivity index (χ0) is 21.1. The van der Waals surface area contributed by atoms with Crippen molar-refractivity contribution in [3.63, 3.8) is 0 Å². The van der Waals surface area contributed by atoms with Crippen LogP contribution in [0.2, 0.25) is 0 Å². The van der Waals surface area contributed by atoms with Gasteiger partial charge < -0.3 is 10.1 Å². The van der Waals surface area contributed by atoms with Crippen LogP contribution in [0.4, 0.5) is 5.69 Å². The Kier molecular flexibility index (Phi) is 5.68. The van der Waals surface area contributed by atoms with Gasteiger partial charge in [0.15, 0.2) is 10.9 Å². The highest BCUT2D eigenvalue weighted by atomic mass is 32.1. The Balaban J connectivity index is 1.40. The van der Waals surface area contributed by atoms with Gasteiger partial charge in [-0.1, -0.05) is 18.3 Å². The highest BCUT2D eigenvalue weighted by Crippen LogP contribution is 2.26. The number of thiocarbonyl (C=S) groups is 1. The zero-order valence-corrected chi connectivity index (χ0v) is 17.9. The number of nitrogens with zero attached hydrogens (tertiary/aromatic N) is 4. The number of anilines is 1. The minimum atomic E-state index is -0.293. The standard InChI is InChI=1S/C20H18N6O2S2/c1-3-16-23-24-20-26(16)25-18(30-20)13-4-8-14(9-5-13)21-19(29)22-17(27)12-6-10-15(28-2)11-7-12/h4-11H,3H2,1-2H3,(H2,21,22,27,29). The van der Waals surface area contributed by atoms with Gasteiger partial charge in [-0.3, -0.25) is 10.1 Å². The maximum absolute atomic E-state index is 12.3. The molecule has 4 rings (SSSR count). The van der Waals surface area contributed by atoms with Crippen LogP contribution in [-0.2, 0) is 6.42 Å². The number of methoxy groups -OCH3 is 1. The lowest BCUT2D eigenvalue weighted by Crippen LogP contribution is -2.34. The molecule has 2 heterocycles. The van der Waals surface area contributed by atoms with Crippen LogP contribution >= 0.6 is 23.6 Å². The molecule has 2 aromatic heterocycles. The molecule has 0 bridgehead atoms. The van der Waals surface area contributed by atoms with E-state index in [9.17, 15) is 4.79 Å². The second-order valence-corrected chi connectivity index (χ2v) is 7.65. The SMILES string of the molecule is CCc1nnc2sc(-c3ccc(NC(=S)NC(=O)c4ccc(OC)cc4)cc3)nn12. The molecule has 8 nitrogen and oxygen atoms in total. The average Bonchev–Trinajstić information content (AvgIpc) is 3.35. The van der Waals surface area contributed by atoms with E-state index in [2.05, 4.69) is 25.9 Å². The Morgan fingerprint density at radius 2 is 1.87 bits per heavy atom. The monoisotopic (exact) mass is 438 g/mol. The van der Waals surface area contributed by atoms with E-state index < -0.39 is 0 Å². The van der Waals surface area contributed by atoms with E-state index in [1.54, 1.807) is 35.9 Å². The van der Waals surface area contributed by atoms with Crippen molar-refractivity contribution in [3.8, 4) is 16.3 Å². The van der Waals surface area contributed by atoms with Crippen molar-refractivity contribution >= 4 is 45.2 Å². The Bertz CT molecular complexity index is 1200. The van der Waals surface area contributed by atoms with Gasteiger partial charge in [0.05, 0.1) is 7.11 Å². The van der Waals surface area contributed by atoms with Crippen molar-refractivity contribution < 1.29 is 9.53 Å². The van der Waals surface area contributed by atoms with Crippen LogP contribution in [0.15, 0.2) is 48.5 Å². The molecule has 0 saturated heterocycles. The highest BCUT2D eigenvalue weighted by molar-refractivity contribution is 7.80. The number of fused-ring (bicyclic) bond motifs is 1. The number of nitrogens with one attached hydrogen (secondary N) is 2. The molecule has 10 heteroatoms. The molecule has 0 aliphatic carbocycles. The van der Waals surface area contributed by atoms with Gasteiger partial charge in [0.25, 0.3) is 5.91 Å². The molecule has 0 saturated carbocycles. The van der Waals surface area contributed by atoms with Gasteiger partial charge in [0, 0.05) is 23.2 Å². The minimum absolute atomic E-state index is 0.218. The molecule has 30 heavy (non-hydrogen) atoms. The third kappa shape index (κ3) is 4.14. The first-order valence-corrected chi connectivity index (χ1v) is 10.4. The summed E-state index contributed by atoms with van der Waals surface area (Å²) in [5, 5.41) is 19.6. The van der Waals surface area contributed by atoms with Crippen LogP contribution in [0.5, 0.6) is 5.75 Å². The molecule has 2 N–H and O–H groups in total. The maximum atomic E-state index is 12.3. The summed E-state index contributed by atoms with van der Waals surface area (Å²) in [5.41, 5.74) is 2.22. The van der Waals surface area contributed by atoms with E-state index in [4.69, 9.17) is 17.0 Å². The maximum Gasteiger partial charge on any atom is 0.257 e.